The first-order valence-corrected chi connectivity index (χ1v) is 3.46. The van der Waals surface area contributed by atoms with Crippen LogP contribution in [0.2, 0.25) is 0 Å². The van der Waals surface area contributed by atoms with Crippen molar-refractivity contribution in [3.63, 3.8) is 0 Å². The summed E-state index contributed by atoms with van der Waals surface area (Å²) >= 11 is 0. The van der Waals surface area contributed by atoms with Gasteiger partial charge in [0.1, 0.15) is 12.3 Å². The lowest BCUT2D eigenvalue weighted by atomic mass is 10.2. The third kappa shape index (κ3) is 3.82. The van der Waals surface area contributed by atoms with E-state index in [1.54, 1.807) is 0 Å². The topological polar surface area (TPSA) is 83.5 Å². The van der Waals surface area contributed by atoms with Crippen molar-refractivity contribution in [1.82, 2.24) is 5.32 Å². The molecule has 0 bridgehead atoms. The van der Waals surface area contributed by atoms with Gasteiger partial charge in [0.2, 0.25) is 5.91 Å². The van der Waals surface area contributed by atoms with Gasteiger partial charge in [0, 0.05) is 0 Å². The van der Waals surface area contributed by atoms with E-state index in [1.807, 2.05) is 0 Å². The number of aldehydes is 1. The molecule has 1 atom stereocenters. The molecule has 1 amide bonds. The van der Waals surface area contributed by atoms with Gasteiger partial charge in [-0.1, -0.05) is 0 Å². The van der Waals surface area contributed by atoms with Crippen LogP contribution in [0.25, 0.3) is 0 Å². The molecule has 0 aromatic heterocycles. The molecule has 0 rings (SSSR count). The van der Waals surface area contributed by atoms with Crippen LogP contribution in [-0.4, -0.2) is 35.7 Å². The zero-order valence-electron chi connectivity index (χ0n) is 6.74. The lowest BCUT2D eigenvalue weighted by Gasteiger charge is -2.11. The minimum Gasteiger partial charge on any atom is -0.394 e. The third-order valence-electron chi connectivity index (χ3n) is 1.28. The molecule has 0 aliphatic heterocycles. The van der Waals surface area contributed by atoms with Crippen molar-refractivity contribution in [2.75, 3.05) is 6.61 Å². The number of nitrogens with one attached hydrogen (secondary N) is 1. The summed E-state index contributed by atoms with van der Waals surface area (Å²) in [6.07, 6.45) is 0.147. The minimum atomic E-state index is -0.891. The van der Waals surface area contributed by atoms with E-state index in [-0.39, 0.29) is 12.2 Å². The second-order valence-corrected chi connectivity index (χ2v) is 2.28. The quantitative estimate of drug-likeness (QED) is 0.397. The van der Waals surface area contributed by atoms with E-state index in [9.17, 15) is 14.4 Å². The monoisotopic (exact) mass is 173 g/mol. The van der Waals surface area contributed by atoms with Gasteiger partial charge in [0.15, 0.2) is 5.78 Å². The smallest absolute Gasteiger partial charge is 0.227 e. The molecule has 0 radical (unpaired) electrons. The Balaban J connectivity index is 3.93. The van der Waals surface area contributed by atoms with Crippen LogP contribution in [0.5, 0.6) is 0 Å². The van der Waals surface area contributed by atoms with Gasteiger partial charge in [-0.3, -0.25) is 9.59 Å². The molecule has 0 aromatic rings. The first-order chi connectivity index (χ1) is 5.61. The number of amides is 1. The van der Waals surface area contributed by atoms with Crippen molar-refractivity contribution in [1.29, 1.82) is 0 Å². The number of Topliss-reactive ketones (excluding diaryl/α,β-unsaturated/α-hetero) is 1. The van der Waals surface area contributed by atoms with Crippen molar-refractivity contribution >= 4 is 18.0 Å². The van der Waals surface area contributed by atoms with E-state index < -0.39 is 18.6 Å². The summed E-state index contributed by atoms with van der Waals surface area (Å²) in [7, 11) is 0. The lowest BCUT2D eigenvalue weighted by Crippen LogP contribution is -2.42. The number of carbonyl (C=O) groups is 3. The number of aliphatic hydroxyl groups excluding tert-OH is 1. The average Bonchev–Trinajstić information content (AvgIpc) is 2.00. The van der Waals surface area contributed by atoms with Crippen LogP contribution in [0.15, 0.2) is 0 Å². The van der Waals surface area contributed by atoms with Crippen molar-refractivity contribution < 1.29 is 19.5 Å². The molecular weight excluding hydrogens is 162 g/mol. The fraction of sp³-hybridized carbons (Fsp3) is 0.571. The van der Waals surface area contributed by atoms with Crippen molar-refractivity contribution in [2.24, 2.45) is 0 Å². The molecule has 0 aliphatic carbocycles. The first-order valence-electron chi connectivity index (χ1n) is 3.46. The Morgan fingerprint density at radius 1 is 1.58 bits per heavy atom. The number of aliphatic hydroxyl groups is 1. The Labute approximate surface area is 69.8 Å². The SMILES string of the molecule is CC(=O)C(CO)NC(=O)CC=O. The molecule has 0 spiro atoms. The van der Waals surface area contributed by atoms with Gasteiger partial charge in [-0.15, -0.1) is 0 Å². The third-order valence-corrected chi connectivity index (χ3v) is 1.28. The van der Waals surface area contributed by atoms with Gasteiger partial charge < -0.3 is 15.2 Å². The maximum Gasteiger partial charge on any atom is 0.227 e. The van der Waals surface area contributed by atoms with Gasteiger partial charge >= 0.3 is 0 Å². The van der Waals surface area contributed by atoms with Crippen LogP contribution >= 0.6 is 0 Å². The summed E-state index contributed by atoms with van der Waals surface area (Å²) in [6, 6.07) is -0.891. The Bertz CT molecular complexity index is 190. The zero-order chi connectivity index (χ0) is 9.56. The van der Waals surface area contributed by atoms with Gasteiger partial charge in [-0.05, 0) is 6.92 Å². The number of carbonyl (C=O) groups excluding carboxylic acids is 3. The van der Waals surface area contributed by atoms with Crippen LogP contribution in [0, 0.1) is 0 Å². The molecule has 1 unspecified atom stereocenters. The maximum atomic E-state index is 10.7. The van der Waals surface area contributed by atoms with Gasteiger partial charge in [-0.2, -0.15) is 0 Å². The highest BCUT2D eigenvalue weighted by Crippen LogP contribution is 1.85. The first kappa shape index (κ1) is 10.8. The highest BCUT2D eigenvalue weighted by molar-refractivity contribution is 5.92. The van der Waals surface area contributed by atoms with Crippen LogP contribution in [-0.2, 0) is 14.4 Å². The summed E-state index contributed by atoms with van der Waals surface area (Å²) in [5.74, 6) is -0.893. The molecule has 2 N–H and O–H groups in total. The molecule has 0 heterocycles. The summed E-state index contributed by atoms with van der Waals surface area (Å²) in [4.78, 5) is 31.2. The normalized spacial score (nSPS) is 11.8. The van der Waals surface area contributed by atoms with Crippen molar-refractivity contribution in [2.45, 2.75) is 19.4 Å². The highest BCUT2D eigenvalue weighted by atomic mass is 16.3. The van der Waals surface area contributed by atoms with E-state index in [4.69, 9.17) is 5.11 Å². The van der Waals surface area contributed by atoms with Crippen LogP contribution in [0.3, 0.4) is 0 Å². The van der Waals surface area contributed by atoms with E-state index in [1.165, 1.54) is 6.92 Å². The lowest BCUT2D eigenvalue weighted by molar-refractivity contribution is -0.129. The van der Waals surface area contributed by atoms with Gasteiger partial charge in [0.05, 0.1) is 13.0 Å². The van der Waals surface area contributed by atoms with Crippen LogP contribution in [0.1, 0.15) is 13.3 Å². The van der Waals surface area contributed by atoms with Crippen LogP contribution < -0.4 is 5.32 Å². The number of ketones is 1. The molecule has 12 heavy (non-hydrogen) atoms. The molecule has 0 aliphatic rings. The standard InChI is InChI=1S/C7H11NO4/c1-5(11)6(4-10)8-7(12)2-3-9/h3,6,10H,2,4H2,1H3,(H,8,12). The Morgan fingerprint density at radius 3 is 2.50 bits per heavy atom. The molecule has 5 heteroatoms. The molecule has 5 nitrogen and oxygen atoms in total. The van der Waals surface area contributed by atoms with Crippen LogP contribution in [0.4, 0.5) is 0 Å². The zero-order valence-corrected chi connectivity index (χ0v) is 6.74. The fourth-order valence-corrected chi connectivity index (χ4v) is 0.605. The van der Waals surface area contributed by atoms with E-state index >= 15 is 0 Å². The molecule has 0 fully saturated rings. The Kier molecular flexibility index (Phi) is 4.87. The molecule has 68 valence electrons. The van der Waals surface area contributed by atoms with Gasteiger partial charge in [0.25, 0.3) is 0 Å². The van der Waals surface area contributed by atoms with Gasteiger partial charge in [-0.25, -0.2) is 0 Å². The number of hydrogen-bond donors (Lipinski definition) is 2. The Morgan fingerprint density at radius 2 is 2.17 bits per heavy atom. The predicted molar refractivity (Wildman–Crippen MR) is 40.4 cm³/mol. The van der Waals surface area contributed by atoms with Crippen molar-refractivity contribution in [3.8, 4) is 0 Å². The molecule has 0 saturated heterocycles. The largest absolute Gasteiger partial charge is 0.394 e. The summed E-state index contributed by atoms with van der Waals surface area (Å²) in [6.45, 7) is 0.808. The average molecular weight is 173 g/mol. The number of hydrogen-bond acceptors (Lipinski definition) is 4. The second kappa shape index (κ2) is 5.42. The molecule has 0 aromatic carbocycles. The summed E-state index contributed by atoms with van der Waals surface area (Å²) < 4.78 is 0. The highest BCUT2D eigenvalue weighted by Gasteiger charge is 2.14. The maximum absolute atomic E-state index is 10.7. The van der Waals surface area contributed by atoms with E-state index in [0.29, 0.717) is 6.29 Å². The second-order valence-electron chi connectivity index (χ2n) is 2.28. The summed E-state index contributed by atoms with van der Waals surface area (Å²) in [5, 5.41) is 10.8. The molecular formula is C7H11NO4. The summed E-state index contributed by atoms with van der Waals surface area (Å²) in [5.41, 5.74) is 0. The van der Waals surface area contributed by atoms with E-state index in [2.05, 4.69) is 5.32 Å². The van der Waals surface area contributed by atoms with E-state index in [0.717, 1.165) is 0 Å². The fourth-order valence-electron chi connectivity index (χ4n) is 0.605. The van der Waals surface area contributed by atoms with Crippen molar-refractivity contribution in [3.05, 3.63) is 0 Å². The number of rotatable bonds is 5. The molecule has 0 saturated carbocycles. The Hall–Kier alpha value is -1.23. The predicted octanol–water partition coefficient (Wildman–Crippen LogP) is -1.36. The minimum absolute atomic E-state index is 0.288.